The van der Waals surface area contributed by atoms with Gasteiger partial charge >= 0.3 is 0 Å². The van der Waals surface area contributed by atoms with Gasteiger partial charge in [0.1, 0.15) is 4.32 Å². The van der Waals surface area contributed by atoms with Gasteiger partial charge in [-0.25, -0.2) is 12.4 Å². The molecule has 0 amide bonds. The molecule has 7 heteroatoms. The summed E-state index contributed by atoms with van der Waals surface area (Å²) in [4.78, 5) is 0.271. The van der Waals surface area contributed by atoms with Gasteiger partial charge in [0.05, 0.1) is 10.4 Å². The van der Waals surface area contributed by atoms with Crippen LogP contribution in [0, 0.1) is 0 Å². The van der Waals surface area contributed by atoms with Crippen LogP contribution >= 0.6 is 24.0 Å². The third-order valence-corrected chi connectivity index (χ3v) is 6.95. The summed E-state index contributed by atoms with van der Waals surface area (Å²) >= 11 is 6.98. The average Bonchev–Trinajstić information content (AvgIpc) is 3.06. The molecular formula is C19H20N2O2S3. The fourth-order valence-electron chi connectivity index (χ4n) is 2.57. The van der Waals surface area contributed by atoms with Crippen molar-refractivity contribution in [1.82, 2.24) is 3.97 Å². The van der Waals surface area contributed by atoms with Crippen molar-refractivity contribution in [2.75, 3.05) is 11.1 Å². The maximum atomic E-state index is 12.8. The lowest BCUT2D eigenvalue weighted by molar-refractivity contribution is 0.589. The molecule has 0 saturated heterocycles. The highest BCUT2D eigenvalue weighted by Gasteiger charge is 2.18. The molecule has 0 bridgehead atoms. The minimum atomic E-state index is -3.61. The number of nitrogens with zero attached hydrogens (tertiary/aromatic N) is 1. The van der Waals surface area contributed by atoms with Crippen molar-refractivity contribution >= 4 is 54.9 Å². The predicted octanol–water partition coefficient (Wildman–Crippen LogP) is 5.11. The summed E-state index contributed by atoms with van der Waals surface area (Å²) in [7, 11) is -3.61. The first-order chi connectivity index (χ1) is 12.5. The maximum Gasteiger partial charge on any atom is 0.268 e. The molecule has 3 rings (SSSR count). The summed E-state index contributed by atoms with van der Waals surface area (Å²) in [5.74, 6) is 0.996. The molecule has 0 aliphatic rings. The van der Waals surface area contributed by atoms with Crippen molar-refractivity contribution in [3.63, 3.8) is 0 Å². The van der Waals surface area contributed by atoms with E-state index in [1.54, 1.807) is 60.4 Å². The Balaban J connectivity index is 1.85. The van der Waals surface area contributed by atoms with E-state index in [1.807, 2.05) is 12.1 Å². The van der Waals surface area contributed by atoms with E-state index in [4.69, 9.17) is 12.2 Å². The van der Waals surface area contributed by atoms with Crippen LogP contribution in [0.3, 0.4) is 0 Å². The van der Waals surface area contributed by atoms with Crippen molar-refractivity contribution in [1.29, 1.82) is 0 Å². The third-order valence-electron chi connectivity index (χ3n) is 3.93. The van der Waals surface area contributed by atoms with Gasteiger partial charge in [-0.15, -0.1) is 0 Å². The summed E-state index contributed by atoms with van der Waals surface area (Å²) in [5, 5.41) is 4.05. The molecule has 1 heterocycles. The first kappa shape index (κ1) is 18.9. The molecule has 0 fully saturated rings. The lowest BCUT2D eigenvalue weighted by Crippen LogP contribution is -2.11. The standard InChI is InChI=1S/C19H20N2O2S3/c1-2-3-13-25-19(24)20-16-9-10-18-15(14-16)11-12-21(18)26(22,23)17-7-5-4-6-8-17/h4-12,14H,2-3,13H2,1H3,(H,20,24). The molecule has 136 valence electrons. The zero-order chi connectivity index (χ0) is 18.6. The van der Waals surface area contributed by atoms with E-state index in [1.165, 1.54) is 3.97 Å². The van der Waals surface area contributed by atoms with Crippen LogP contribution in [-0.4, -0.2) is 22.5 Å². The fourth-order valence-corrected chi connectivity index (χ4v) is 5.12. The average molecular weight is 405 g/mol. The molecular weight excluding hydrogens is 384 g/mol. The summed E-state index contributed by atoms with van der Waals surface area (Å²) in [5.41, 5.74) is 1.50. The number of unbranched alkanes of at least 4 members (excludes halogenated alkanes) is 1. The van der Waals surface area contributed by atoms with Gasteiger partial charge in [0.25, 0.3) is 10.0 Å². The van der Waals surface area contributed by atoms with Crippen LogP contribution in [0.4, 0.5) is 5.69 Å². The SMILES string of the molecule is CCCCSC(=S)Nc1ccc2c(ccn2S(=O)(=O)c2ccccc2)c1. The Labute approximate surface area is 163 Å². The largest absolute Gasteiger partial charge is 0.341 e. The van der Waals surface area contributed by atoms with E-state index < -0.39 is 10.0 Å². The zero-order valence-corrected chi connectivity index (χ0v) is 16.8. The van der Waals surface area contributed by atoms with Gasteiger partial charge < -0.3 is 5.32 Å². The van der Waals surface area contributed by atoms with Crippen LogP contribution in [0.5, 0.6) is 0 Å². The second kappa shape index (κ2) is 8.24. The molecule has 0 atom stereocenters. The molecule has 3 aromatic rings. The molecule has 0 aliphatic heterocycles. The quantitative estimate of drug-likeness (QED) is 0.457. The number of aromatic nitrogens is 1. The molecule has 0 unspecified atom stereocenters. The van der Waals surface area contributed by atoms with Gasteiger partial charge in [0.2, 0.25) is 0 Å². The second-order valence-corrected chi connectivity index (χ2v) is 9.40. The van der Waals surface area contributed by atoms with Crippen LogP contribution in [0.1, 0.15) is 19.8 Å². The van der Waals surface area contributed by atoms with Crippen molar-refractivity contribution in [2.45, 2.75) is 24.7 Å². The maximum absolute atomic E-state index is 12.8. The fraction of sp³-hybridized carbons (Fsp3) is 0.211. The normalized spacial score (nSPS) is 11.6. The molecule has 0 saturated carbocycles. The molecule has 1 N–H and O–H groups in total. The highest BCUT2D eigenvalue weighted by Crippen LogP contribution is 2.25. The topological polar surface area (TPSA) is 51.1 Å². The van der Waals surface area contributed by atoms with Crippen molar-refractivity contribution in [3.8, 4) is 0 Å². The molecule has 4 nitrogen and oxygen atoms in total. The van der Waals surface area contributed by atoms with E-state index in [2.05, 4.69) is 12.2 Å². The monoisotopic (exact) mass is 404 g/mol. The van der Waals surface area contributed by atoms with Crippen molar-refractivity contribution in [3.05, 3.63) is 60.8 Å². The van der Waals surface area contributed by atoms with E-state index in [9.17, 15) is 8.42 Å². The van der Waals surface area contributed by atoms with E-state index in [0.29, 0.717) is 5.52 Å². The smallest absolute Gasteiger partial charge is 0.268 e. The number of thiocarbonyl (C=S) groups is 1. The lowest BCUT2D eigenvalue weighted by atomic mass is 10.2. The Morgan fingerprint density at radius 2 is 1.92 bits per heavy atom. The minimum Gasteiger partial charge on any atom is -0.341 e. The highest BCUT2D eigenvalue weighted by molar-refractivity contribution is 8.23. The summed E-state index contributed by atoms with van der Waals surface area (Å²) < 4.78 is 27.7. The van der Waals surface area contributed by atoms with Crippen LogP contribution in [0.2, 0.25) is 0 Å². The number of rotatable bonds is 6. The van der Waals surface area contributed by atoms with Gasteiger partial charge in [-0.2, -0.15) is 0 Å². The number of benzene rings is 2. The molecule has 0 radical (unpaired) electrons. The first-order valence-electron chi connectivity index (χ1n) is 8.38. The van der Waals surface area contributed by atoms with Gasteiger partial charge in [-0.1, -0.05) is 55.5 Å². The Morgan fingerprint density at radius 3 is 2.65 bits per heavy atom. The number of hydrogen-bond acceptors (Lipinski definition) is 4. The van der Waals surface area contributed by atoms with Crippen LogP contribution < -0.4 is 5.32 Å². The molecule has 0 aliphatic carbocycles. The van der Waals surface area contributed by atoms with E-state index in [-0.39, 0.29) is 4.90 Å². The van der Waals surface area contributed by atoms with E-state index >= 15 is 0 Å². The zero-order valence-electron chi connectivity index (χ0n) is 14.4. The number of nitrogens with one attached hydrogen (secondary N) is 1. The second-order valence-electron chi connectivity index (χ2n) is 5.82. The number of hydrogen-bond donors (Lipinski definition) is 1. The number of anilines is 1. The van der Waals surface area contributed by atoms with E-state index in [0.717, 1.165) is 34.0 Å². The first-order valence-corrected chi connectivity index (χ1v) is 11.2. The Bertz CT molecular complexity index is 1010. The number of fused-ring (bicyclic) bond motifs is 1. The Hall–Kier alpha value is -1.83. The van der Waals surface area contributed by atoms with Crippen LogP contribution in [0.15, 0.2) is 65.7 Å². The minimum absolute atomic E-state index is 0.271. The van der Waals surface area contributed by atoms with Crippen LogP contribution in [0.25, 0.3) is 10.9 Å². The molecule has 26 heavy (non-hydrogen) atoms. The van der Waals surface area contributed by atoms with Gasteiger partial charge in [-0.3, -0.25) is 0 Å². The summed E-state index contributed by atoms with van der Waals surface area (Å²) in [6.07, 6.45) is 3.86. The number of thioether (sulfide) groups is 1. The Morgan fingerprint density at radius 1 is 1.15 bits per heavy atom. The third kappa shape index (κ3) is 4.11. The van der Waals surface area contributed by atoms with Crippen molar-refractivity contribution in [2.24, 2.45) is 0 Å². The highest BCUT2D eigenvalue weighted by atomic mass is 32.2. The van der Waals surface area contributed by atoms with Gasteiger partial charge in [-0.05, 0) is 42.8 Å². The predicted molar refractivity (Wildman–Crippen MR) is 115 cm³/mol. The van der Waals surface area contributed by atoms with Gasteiger partial charge in [0, 0.05) is 23.0 Å². The molecule has 2 aromatic carbocycles. The Kier molecular flexibility index (Phi) is 6.01. The lowest BCUT2D eigenvalue weighted by Gasteiger charge is -2.09. The molecule has 1 aromatic heterocycles. The summed E-state index contributed by atoms with van der Waals surface area (Å²) in [6.45, 7) is 2.15. The summed E-state index contributed by atoms with van der Waals surface area (Å²) in [6, 6.07) is 15.8. The van der Waals surface area contributed by atoms with Crippen molar-refractivity contribution < 1.29 is 8.42 Å². The van der Waals surface area contributed by atoms with Gasteiger partial charge in [0.15, 0.2) is 0 Å². The van der Waals surface area contributed by atoms with Crippen LogP contribution in [-0.2, 0) is 10.0 Å². The molecule has 0 spiro atoms.